The quantitative estimate of drug-likeness (QED) is 0.475. The van der Waals surface area contributed by atoms with Crippen molar-refractivity contribution in [3.63, 3.8) is 0 Å². The molecule has 1 aromatic carbocycles. The minimum absolute atomic E-state index is 0.218. The molecule has 1 aromatic rings. The second kappa shape index (κ2) is 6.87. The number of hydrogen-bond acceptors (Lipinski definition) is 3. The Kier molecular flexibility index (Phi) is 5.47. The average molecular weight is 307 g/mol. The highest BCUT2D eigenvalue weighted by Gasteiger charge is 2.09. The summed E-state index contributed by atoms with van der Waals surface area (Å²) >= 11 is 3.40. The molecule has 0 amide bonds. The molecule has 4 heteroatoms. The van der Waals surface area contributed by atoms with Crippen molar-refractivity contribution in [1.29, 1.82) is 0 Å². The summed E-state index contributed by atoms with van der Waals surface area (Å²) in [6.45, 7) is 3.99. The predicted octanol–water partition coefficient (Wildman–Crippen LogP) is 2.91. The second-order valence-electron chi connectivity index (χ2n) is 3.67. The zero-order valence-corrected chi connectivity index (χ0v) is 12.1. The van der Waals surface area contributed by atoms with E-state index in [0.717, 1.165) is 15.7 Å². The van der Waals surface area contributed by atoms with Gasteiger partial charge in [0.25, 0.3) is 0 Å². The fourth-order valence-electron chi connectivity index (χ4n) is 1.37. The molecule has 0 unspecified atom stereocenters. The maximum Gasteiger partial charge on any atom is 0.148 e. The lowest BCUT2D eigenvalue weighted by Crippen LogP contribution is -2.10. The Bertz CT molecular complexity index is 501. The first-order chi connectivity index (χ1) is 8.58. The standard InChI is InChI=1S/C14H15BrN2O/c1-5-9-18-14-10-11(15)7-8-12(14)13(6-2)16-17(3)4/h1,6-8,10H,2,9H2,3-4H3/b16-13+. The van der Waals surface area contributed by atoms with Crippen LogP contribution in [0.1, 0.15) is 5.56 Å². The summed E-state index contributed by atoms with van der Waals surface area (Å²) in [7, 11) is 3.70. The number of hydrogen-bond donors (Lipinski definition) is 0. The monoisotopic (exact) mass is 306 g/mol. The van der Waals surface area contributed by atoms with Gasteiger partial charge in [-0.25, -0.2) is 0 Å². The molecule has 0 aliphatic rings. The van der Waals surface area contributed by atoms with Gasteiger partial charge in [0.1, 0.15) is 12.4 Å². The van der Waals surface area contributed by atoms with Crippen molar-refractivity contribution in [3.05, 3.63) is 40.9 Å². The Labute approximate surface area is 116 Å². The van der Waals surface area contributed by atoms with Crippen LogP contribution in [0.15, 0.2) is 40.4 Å². The molecular formula is C14H15BrN2O. The van der Waals surface area contributed by atoms with E-state index in [0.29, 0.717) is 5.75 Å². The normalized spacial score (nSPS) is 10.7. The third-order valence-corrected chi connectivity index (χ3v) is 2.52. The maximum absolute atomic E-state index is 5.52. The number of halogens is 1. The van der Waals surface area contributed by atoms with E-state index in [4.69, 9.17) is 11.2 Å². The van der Waals surface area contributed by atoms with Crippen molar-refractivity contribution in [2.24, 2.45) is 5.10 Å². The molecule has 0 atom stereocenters. The van der Waals surface area contributed by atoms with Crippen LogP contribution in [0, 0.1) is 12.3 Å². The van der Waals surface area contributed by atoms with E-state index in [-0.39, 0.29) is 6.61 Å². The highest BCUT2D eigenvalue weighted by atomic mass is 79.9. The molecule has 0 N–H and O–H groups in total. The molecule has 0 aromatic heterocycles. The van der Waals surface area contributed by atoms with E-state index in [1.165, 1.54) is 0 Å². The van der Waals surface area contributed by atoms with Crippen LogP contribution in [0.3, 0.4) is 0 Å². The van der Waals surface area contributed by atoms with Gasteiger partial charge in [-0.05, 0) is 24.3 Å². The van der Waals surface area contributed by atoms with E-state index in [9.17, 15) is 0 Å². The third-order valence-electron chi connectivity index (χ3n) is 2.03. The van der Waals surface area contributed by atoms with Crippen molar-refractivity contribution >= 4 is 21.6 Å². The van der Waals surface area contributed by atoms with E-state index in [2.05, 4.69) is 33.5 Å². The summed E-state index contributed by atoms with van der Waals surface area (Å²) in [5.74, 6) is 3.13. The largest absolute Gasteiger partial charge is 0.480 e. The van der Waals surface area contributed by atoms with Crippen LogP contribution in [0.5, 0.6) is 5.75 Å². The van der Waals surface area contributed by atoms with Gasteiger partial charge in [0.2, 0.25) is 0 Å². The minimum Gasteiger partial charge on any atom is -0.480 e. The molecule has 0 saturated carbocycles. The first-order valence-corrected chi connectivity index (χ1v) is 6.12. The lowest BCUT2D eigenvalue weighted by molar-refractivity contribution is 0.369. The minimum atomic E-state index is 0.218. The summed E-state index contributed by atoms with van der Waals surface area (Å²) in [6, 6.07) is 5.70. The number of hydrazone groups is 1. The first kappa shape index (κ1) is 14.3. The van der Waals surface area contributed by atoms with Crippen molar-refractivity contribution in [3.8, 4) is 18.1 Å². The summed E-state index contributed by atoms with van der Waals surface area (Å²) < 4.78 is 6.44. The SMILES string of the molecule is C#CCOc1cc(Br)ccc1/C(C=C)=N/N(C)C. The van der Waals surface area contributed by atoms with Crippen LogP contribution >= 0.6 is 15.9 Å². The number of terminal acetylenes is 1. The lowest BCUT2D eigenvalue weighted by Gasteiger charge is -2.12. The lowest BCUT2D eigenvalue weighted by atomic mass is 10.1. The molecule has 0 radical (unpaired) electrons. The van der Waals surface area contributed by atoms with Gasteiger partial charge < -0.3 is 9.75 Å². The van der Waals surface area contributed by atoms with Crippen molar-refractivity contribution in [2.45, 2.75) is 0 Å². The van der Waals surface area contributed by atoms with E-state index in [1.807, 2.05) is 32.3 Å². The van der Waals surface area contributed by atoms with Crippen LogP contribution < -0.4 is 4.74 Å². The number of ether oxygens (including phenoxy) is 1. The van der Waals surface area contributed by atoms with Crippen LogP contribution in [-0.4, -0.2) is 31.4 Å². The molecule has 3 nitrogen and oxygen atoms in total. The predicted molar refractivity (Wildman–Crippen MR) is 78.9 cm³/mol. The fraction of sp³-hybridized carbons (Fsp3) is 0.214. The summed E-state index contributed by atoms with van der Waals surface area (Å²) in [4.78, 5) is 0. The maximum atomic E-state index is 5.52. The first-order valence-electron chi connectivity index (χ1n) is 5.33. The van der Waals surface area contributed by atoms with Gasteiger partial charge in [-0.15, -0.1) is 6.42 Å². The van der Waals surface area contributed by atoms with Crippen molar-refractivity contribution in [2.75, 3.05) is 20.7 Å². The zero-order chi connectivity index (χ0) is 13.5. The summed E-state index contributed by atoms with van der Waals surface area (Å²) in [5.41, 5.74) is 1.59. The molecular weight excluding hydrogens is 292 g/mol. The summed E-state index contributed by atoms with van der Waals surface area (Å²) in [6.07, 6.45) is 6.89. The third kappa shape index (κ3) is 3.94. The highest BCUT2D eigenvalue weighted by Crippen LogP contribution is 2.25. The van der Waals surface area contributed by atoms with Crippen molar-refractivity contribution in [1.82, 2.24) is 5.01 Å². The zero-order valence-electron chi connectivity index (χ0n) is 10.5. The van der Waals surface area contributed by atoms with E-state index < -0.39 is 0 Å². The molecule has 0 aliphatic carbocycles. The van der Waals surface area contributed by atoms with Gasteiger partial charge in [-0.3, -0.25) is 0 Å². The van der Waals surface area contributed by atoms with Gasteiger partial charge in [-0.1, -0.05) is 28.4 Å². The molecule has 0 aliphatic heterocycles. The molecule has 0 bridgehead atoms. The molecule has 18 heavy (non-hydrogen) atoms. The Hall–Kier alpha value is -1.73. The Balaban J connectivity index is 3.21. The van der Waals surface area contributed by atoms with Gasteiger partial charge in [0, 0.05) is 24.1 Å². The molecule has 94 valence electrons. The van der Waals surface area contributed by atoms with Crippen LogP contribution in [-0.2, 0) is 0 Å². The van der Waals surface area contributed by atoms with Crippen molar-refractivity contribution < 1.29 is 4.74 Å². The van der Waals surface area contributed by atoms with Crippen LogP contribution in [0.25, 0.3) is 0 Å². The van der Waals surface area contributed by atoms with E-state index in [1.54, 1.807) is 11.1 Å². The fourth-order valence-corrected chi connectivity index (χ4v) is 1.71. The highest BCUT2D eigenvalue weighted by molar-refractivity contribution is 9.10. The van der Waals surface area contributed by atoms with Gasteiger partial charge in [0.05, 0.1) is 5.71 Å². The van der Waals surface area contributed by atoms with E-state index >= 15 is 0 Å². The topological polar surface area (TPSA) is 24.8 Å². The number of nitrogens with zero attached hydrogens (tertiary/aromatic N) is 2. The number of benzene rings is 1. The smallest absolute Gasteiger partial charge is 0.148 e. The number of allylic oxidation sites excluding steroid dienone is 1. The Morgan fingerprint density at radius 3 is 2.89 bits per heavy atom. The summed E-state index contributed by atoms with van der Waals surface area (Å²) in [5, 5.41) is 6.06. The Morgan fingerprint density at radius 1 is 1.61 bits per heavy atom. The molecule has 0 heterocycles. The van der Waals surface area contributed by atoms with Gasteiger partial charge >= 0.3 is 0 Å². The molecule has 1 rings (SSSR count). The molecule has 0 saturated heterocycles. The molecule has 0 fully saturated rings. The van der Waals surface area contributed by atoms with Gasteiger partial charge in [-0.2, -0.15) is 5.10 Å². The Morgan fingerprint density at radius 2 is 2.33 bits per heavy atom. The second-order valence-corrected chi connectivity index (χ2v) is 4.59. The number of rotatable bonds is 5. The molecule has 0 spiro atoms. The van der Waals surface area contributed by atoms with Crippen LogP contribution in [0.4, 0.5) is 0 Å². The van der Waals surface area contributed by atoms with Gasteiger partial charge in [0.15, 0.2) is 0 Å². The van der Waals surface area contributed by atoms with Crippen LogP contribution in [0.2, 0.25) is 0 Å². The average Bonchev–Trinajstić information content (AvgIpc) is 2.33.